The van der Waals surface area contributed by atoms with Gasteiger partial charge in [-0.1, -0.05) is 13.0 Å². The first-order chi connectivity index (χ1) is 22.2. The number of epoxide rings is 1. The third kappa shape index (κ3) is 3.20. The molecule has 5 heterocycles. The molecule has 8 rings (SSSR count). The molecule has 14 nitrogen and oxygen atoms in total. The molecule has 258 valence electrons. The molecule has 1 spiro atoms. The third-order valence-electron chi connectivity index (χ3n) is 13.8. The van der Waals surface area contributed by atoms with Crippen molar-refractivity contribution in [3.8, 4) is 0 Å². The summed E-state index contributed by atoms with van der Waals surface area (Å²) in [6.45, 7) is 6.42. The molecule has 0 aromatic carbocycles. The lowest BCUT2D eigenvalue weighted by Gasteiger charge is -2.65. The molecule has 0 radical (unpaired) electrons. The summed E-state index contributed by atoms with van der Waals surface area (Å²) < 4.78 is 48.0. The molecular formula is C33H42O14. The van der Waals surface area contributed by atoms with E-state index in [1.165, 1.54) is 20.5 Å². The number of aliphatic hydroxyl groups is 3. The summed E-state index contributed by atoms with van der Waals surface area (Å²) in [7, 11) is 2.45. The highest BCUT2D eigenvalue weighted by molar-refractivity contribution is 5.88. The molecule has 0 amide bonds. The van der Waals surface area contributed by atoms with Crippen molar-refractivity contribution in [1.29, 1.82) is 0 Å². The van der Waals surface area contributed by atoms with Crippen molar-refractivity contribution in [2.75, 3.05) is 27.4 Å². The van der Waals surface area contributed by atoms with E-state index >= 15 is 0 Å². The fraction of sp³-hybridized carbons (Fsp3) is 0.788. The highest BCUT2D eigenvalue weighted by atomic mass is 16.7. The van der Waals surface area contributed by atoms with Crippen molar-refractivity contribution >= 4 is 17.9 Å². The Kier molecular flexibility index (Phi) is 6.44. The fourth-order valence-corrected chi connectivity index (χ4v) is 11.7. The van der Waals surface area contributed by atoms with Gasteiger partial charge in [-0.05, 0) is 33.3 Å². The van der Waals surface area contributed by atoms with Gasteiger partial charge in [0.15, 0.2) is 11.7 Å². The standard InChI is InChI=1S/C33H42O14/c1-7-14(2)24(36)45-17-11-16(34)30-12-44-20(25(37)40-5)21(30)28(3,23(35)19-22(30)31(17,13-43-19)26(38)41-6)33-18-10-15(29(33,4)47-33)32(39)8-9-42-27(32)46-18/h7-9,15-23,27,34-35,39H,10-13H2,1-6H3/b14-7+/t15?,16-,17+,18+,19+,20+,21-,22?,23+,27-,28-,29?,30+,31-,32?,33?/m0/s1. The van der Waals surface area contributed by atoms with Crippen molar-refractivity contribution in [3.63, 3.8) is 0 Å². The molecule has 0 aromatic heterocycles. The van der Waals surface area contributed by atoms with Gasteiger partial charge in [-0.15, -0.1) is 0 Å². The molecule has 3 saturated carbocycles. The average molecular weight is 663 g/mol. The summed E-state index contributed by atoms with van der Waals surface area (Å²) in [6.07, 6.45) is -3.30. The monoisotopic (exact) mass is 662 g/mol. The van der Waals surface area contributed by atoms with Crippen LogP contribution in [-0.2, 0) is 52.3 Å². The number of hydrogen-bond acceptors (Lipinski definition) is 14. The van der Waals surface area contributed by atoms with Gasteiger partial charge in [-0.3, -0.25) is 4.79 Å². The molecule has 0 aromatic rings. The summed E-state index contributed by atoms with van der Waals surface area (Å²) >= 11 is 0. The van der Waals surface area contributed by atoms with E-state index in [0.717, 1.165) is 0 Å². The molecule has 2 bridgehead atoms. The molecule has 5 unspecified atom stereocenters. The number of esters is 3. The number of carbonyl (C=O) groups is 3. The Morgan fingerprint density at radius 2 is 1.77 bits per heavy atom. The molecule has 3 aliphatic carbocycles. The Hall–Kier alpha value is -2.59. The maximum absolute atomic E-state index is 14.0. The Morgan fingerprint density at radius 1 is 1.02 bits per heavy atom. The number of fused-ring (bicyclic) bond motifs is 7. The number of ether oxygens (including phenoxy) is 8. The molecule has 3 N–H and O–H groups in total. The van der Waals surface area contributed by atoms with Crippen LogP contribution in [0.15, 0.2) is 24.0 Å². The lowest BCUT2D eigenvalue weighted by Crippen LogP contribution is -2.77. The van der Waals surface area contributed by atoms with Gasteiger partial charge in [-0.2, -0.15) is 0 Å². The van der Waals surface area contributed by atoms with Crippen molar-refractivity contribution in [1.82, 2.24) is 0 Å². The molecule has 47 heavy (non-hydrogen) atoms. The zero-order valence-electron chi connectivity index (χ0n) is 27.2. The minimum atomic E-state index is -1.66. The van der Waals surface area contributed by atoms with E-state index < -0.39 is 112 Å². The van der Waals surface area contributed by atoms with Gasteiger partial charge >= 0.3 is 17.9 Å². The number of methoxy groups -OCH3 is 2. The molecule has 4 saturated heterocycles. The van der Waals surface area contributed by atoms with Crippen LogP contribution < -0.4 is 0 Å². The van der Waals surface area contributed by atoms with Crippen LogP contribution in [0.5, 0.6) is 0 Å². The summed E-state index contributed by atoms with van der Waals surface area (Å²) in [5.41, 5.74) is -8.08. The van der Waals surface area contributed by atoms with Gasteiger partial charge in [0.25, 0.3) is 0 Å². The summed E-state index contributed by atoms with van der Waals surface area (Å²) in [5.74, 6) is -4.66. The number of allylic oxidation sites excluding steroid dienone is 1. The van der Waals surface area contributed by atoms with E-state index in [1.54, 1.807) is 32.9 Å². The second-order valence-corrected chi connectivity index (χ2v) is 15.0. The quantitative estimate of drug-likeness (QED) is 0.153. The minimum absolute atomic E-state index is 0.196. The first-order valence-corrected chi connectivity index (χ1v) is 16.2. The topological polar surface area (TPSA) is 189 Å². The van der Waals surface area contributed by atoms with Crippen molar-refractivity contribution in [2.45, 2.75) is 100 Å². The summed E-state index contributed by atoms with van der Waals surface area (Å²) in [4.78, 5) is 40.8. The summed E-state index contributed by atoms with van der Waals surface area (Å²) in [5, 5.41) is 36.9. The lowest BCUT2D eigenvalue weighted by molar-refractivity contribution is -0.295. The maximum atomic E-state index is 14.0. The maximum Gasteiger partial charge on any atom is 0.335 e. The van der Waals surface area contributed by atoms with Gasteiger partial charge in [0, 0.05) is 40.6 Å². The van der Waals surface area contributed by atoms with E-state index in [9.17, 15) is 29.7 Å². The third-order valence-corrected chi connectivity index (χ3v) is 13.8. The van der Waals surface area contributed by atoms with Gasteiger partial charge in [0.1, 0.15) is 22.7 Å². The number of carbonyl (C=O) groups excluding carboxylic acids is 3. The van der Waals surface area contributed by atoms with E-state index in [0.29, 0.717) is 12.0 Å². The van der Waals surface area contributed by atoms with E-state index in [4.69, 9.17) is 37.9 Å². The van der Waals surface area contributed by atoms with Crippen LogP contribution in [0, 0.1) is 34.0 Å². The van der Waals surface area contributed by atoms with Gasteiger partial charge < -0.3 is 53.2 Å². The predicted molar refractivity (Wildman–Crippen MR) is 154 cm³/mol. The summed E-state index contributed by atoms with van der Waals surface area (Å²) in [6, 6.07) is 0. The predicted octanol–water partition coefficient (Wildman–Crippen LogP) is -0.0939. The SMILES string of the molecule is C/C=C(\C)C(=O)O[C@@H]1C[C@H](O)[C@]23CO[C@@H](C(=O)OC)[C@H]2[C@](C)(C24OC2(C)C2C[C@H]4O[C@@H]4OC=CC24O)[C@H](O)[C@@H]2OC[C@@]1(C(=O)OC)C23. The zero-order valence-corrected chi connectivity index (χ0v) is 27.2. The Balaban J connectivity index is 1.32. The average Bonchev–Trinajstić information content (AvgIpc) is 3.49. The first-order valence-electron chi connectivity index (χ1n) is 16.2. The van der Waals surface area contributed by atoms with Crippen LogP contribution in [0.2, 0.25) is 0 Å². The molecule has 7 fully saturated rings. The van der Waals surface area contributed by atoms with Crippen LogP contribution in [0.3, 0.4) is 0 Å². The van der Waals surface area contributed by atoms with Crippen molar-refractivity contribution in [2.24, 2.45) is 34.0 Å². The highest BCUT2D eigenvalue weighted by Gasteiger charge is 2.95. The van der Waals surface area contributed by atoms with Crippen molar-refractivity contribution in [3.05, 3.63) is 24.0 Å². The van der Waals surface area contributed by atoms with Crippen LogP contribution in [-0.4, -0.2) is 120 Å². The lowest BCUT2D eigenvalue weighted by atomic mass is 9.38. The Bertz CT molecular complexity index is 1490. The van der Waals surface area contributed by atoms with Crippen molar-refractivity contribution < 1.29 is 67.6 Å². The second-order valence-electron chi connectivity index (χ2n) is 15.0. The van der Waals surface area contributed by atoms with E-state index in [1.807, 2.05) is 6.92 Å². The van der Waals surface area contributed by atoms with Crippen LogP contribution >= 0.6 is 0 Å². The van der Waals surface area contributed by atoms with Crippen LogP contribution in [0.25, 0.3) is 0 Å². The van der Waals surface area contributed by atoms with Gasteiger partial charge in [0.2, 0.25) is 6.29 Å². The molecule has 5 aliphatic heterocycles. The molecule has 14 heteroatoms. The van der Waals surface area contributed by atoms with E-state index in [2.05, 4.69) is 0 Å². The molecular weight excluding hydrogens is 620 g/mol. The Labute approximate surface area is 271 Å². The zero-order chi connectivity index (χ0) is 33.7. The Morgan fingerprint density at radius 3 is 2.45 bits per heavy atom. The second kappa shape index (κ2) is 9.55. The number of aliphatic hydroxyl groups excluding tert-OH is 2. The normalized spacial score (nSPS) is 56.1. The molecule has 8 aliphatic rings. The van der Waals surface area contributed by atoms with Crippen LogP contribution in [0.1, 0.15) is 40.5 Å². The minimum Gasteiger partial charge on any atom is -0.469 e. The number of hydrogen-bond donors (Lipinski definition) is 3. The number of rotatable bonds is 5. The first kappa shape index (κ1) is 31.7. The van der Waals surface area contributed by atoms with Crippen LogP contribution in [0.4, 0.5) is 0 Å². The smallest absolute Gasteiger partial charge is 0.335 e. The van der Waals surface area contributed by atoms with Gasteiger partial charge in [0.05, 0.1) is 58.1 Å². The molecule has 16 atom stereocenters. The van der Waals surface area contributed by atoms with E-state index in [-0.39, 0.29) is 19.6 Å². The largest absolute Gasteiger partial charge is 0.469 e. The highest BCUT2D eigenvalue weighted by Crippen LogP contribution is 2.82. The fourth-order valence-electron chi connectivity index (χ4n) is 11.7. The van der Waals surface area contributed by atoms with Gasteiger partial charge in [-0.25, -0.2) is 9.59 Å².